The van der Waals surface area contributed by atoms with Crippen LogP contribution in [0.1, 0.15) is 54.4 Å². The van der Waals surface area contributed by atoms with Crippen molar-refractivity contribution in [3.05, 3.63) is 22.3 Å². The van der Waals surface area contributed by atoms with Crippen LogP contribution in [0.2, 0.25) is 0 Å². The Hall–Kier alpha value is -1.09. The molecule has 0 bridgehead atoms. The number of allylic oxidation sites excluding steroid dienone is 2. The highest BCUT2D eigenvalue weighted by Crippen LogP contribution is 2.32. The van der Waals surface area contributed by atoms with E-state index in [9.17, 15) is 4.79 Å². The number of methoxy groups -OCH3 is 1. The van der Waals surface area contributed by atoms with Crippen molar-refractivity contribution in [2.24, 2.45) is 0 Å². The monoisotopic (exact) mass is 281 g/mol. The summed E-state index contributed by atoms with van der Waals surface area (Å²) in [5.74, 6) is -0.163. The number of hydrogen-bond acceptors (Lipinski definition) is 3. The average molecular weight is 281 g/mol. The van der Waals surface area contributed by atoms with Crippen molar-refractivity contribution in [1.29, 1.82) is 0 Å². The normalized spacial score (nSPS) is 11.3. The molecule has 3 nitrogen and oxygen atoms in total. The van der Waals surface area contributed by atoms with Crippen molar-refractivity contribution in [2.75, 3.05) is 21.2 Å². The molecule has 0 N–H and O–H groups in total. The lowest BCUT2D eigenvalue weighted by atomic mass is 9.82. The molecule has 0 radical (unpaired) electrons. The van der Waals surface area contributed by atoms with Gasteiger partial charge < -0.3 is 4.74 Å². The molecule has 0 aromatic heterocycles. The summed E-state index contributed by atoms with van der Waals surface area (Å²) in [7, 11) is 5.37. The van der Waals surface area contributed by atoms with Gasteiger partial charge in [-0.3, -0.25) is 9.69 Å². The van der Waals surface area contributed by atoms with Gasteiger partial charge in [0, 0.05) is 0 Å². The number of rotatable bonds is 6. The van der Waals surface area contributed by atoms with E-state index in [-0.39, 0.29) is 5.97 Å². The Morgan fingerprint density at radius 1 is 0.900 bits per heavy atom. The summed E-state index contributed by atoms with van der Waals surface area (Å²) < 4.78 is 5.11. The van der Waals surface area contributed by atoms with Crippen LogP contribution in [0, 0.1) is 0 Å². The molecule has 0 fully saturated rings. The van der Waals surface area contributed by atoms with Crippen molar-refractivity contribution >= 4 is 5.97 Å². The van der Waals surface area contributed by atoms with Crippen LogP contribution in [0.25, 0.3) is 0 Å². The molecule has 0 amide bonds. The van der Waals surface area contributed by atoms with E-state index in [0.29, 0.717) is 12.8 Å². The standard InChI is InChI=1S/C17H31NO2/c1-12(2)14(5)10-17(18(7)8,16(19)20-9)11-15(6)13(3)4/h10-11H2,1-9H3. The Morgan fingerprint density at radius 2 is 1.25 bits per heavy atom. The first-order valence-electron chi connectivity index (χ1n) is 7.10. The molecular formula is C17H31NO2. The van der Waals surface area contributed by atoms with Crippen molar-refractivity contribution in [2.45, 2.75) is 59.9 Å². The first-order chi connectivity index (χ1) is 9.08. The highest BCUT2D eigenvalue weighted by atomic mass is 16.5. The molecule has 0 saturated heterocycles. The van der Waals surface area contributed by atoms with Crippen molar-refractivity contribution in [1.82, 2.24) is 4.90 Å². The summed E-state index contributed by atoms with van der Waals surface area (Å²) in [5.41, 5.74) is 4.37. The third kappa shape index (κ3) is 4.48. The van der Waals surface area contributed by atoms with E-state index < -0.39 is 5.54 Å². The second-order valence-electron chi connectivity index (χ2n) is 6.33. The molecule has 0 unspecified atom stereocenters. The van der Waals surface area contributed by atoms with Crippen LogP contribution in [0.3, 0.4) is 0 Å². The molecule has 0 heterocycles. The van der Waals surface area contributed by atoms with E-state index in [1.807, 2.05) is 19.0 Å². The van der Waals surface area contributed by atoms with Gasteiger partial charge in [0.25, 0.3) is 0 Å². The molecule has 0 spiro atoms. The van der Waals surface area contributed by atoms with Gasteiger partial charge in [0.2, 0.25) is 0 Å². The van der Waals surface area contributed by atoms with Crippen LogP contribution >= 0.6 is 0 Å². The number of hydrogen-bond donors (Lipinski definition) is 0. The first kappa shape index (κ1) is 18.9. The van der Waals surface area contributed by atoms with Crippen LogP contribution in [0.4, 0.5) is 0 Å². The lowest BCUT2D eigenvalue weighted by Gasteiger charge is -2.38. The number of nitrogens with zero attached hydrogens (tertiary/aromatic N) is 1. The molecule has 0 aliphatic rings. The van der Waals surface area contributed by atoms with Crippen LogP contribution in [-0.2, 0) is 9.53 Å². The minimum absolute atomic E-state index is 0.163. The molecule has 20 heavy (non-hydrogen) atoms. The first-order valence-corrected chi connectivity index (χ1v) is 7.10. The second-order valence-corrected chi connectivity index (χ2v) is 6.33. The number of carbonyl (C=O) groups is 1. The SMILES string of the molecule is COC(=O)C(CC(C)=C(C)C)(CC(C)=C(C)C)N(C)C. The van der Waals surface area contributed by atoms with Crippen LogP contribution in [0.15, 0.2) is 22.3 Å². The Labute approximate surface area is 124 Å². The van der Waals surface area contributed by atoms with Gasteiger partial charge in [-0.05, 0) is 68.5 Å². The number of ether oxygens (including phenoxy) is 1. The van der Waals surface area contributed by atoms with E-state index in [1.165, 1.54) is 29.4 Å². The largest absolute Gasteiger partial charge is 0.468 e. The lowest BCUT2D eigenvalue weighted by molar-refractivity contribution is -0.153. The topological polar surface area (TPSA) is 29.5 Å². The van der Waals surface area contributed by atoms with Gasteiger partial charge >= 0.3 is 5.97 Å². The van der Waals surface area contributed by atoms with Crippen LogP contribution < -0.4 is 0 Å². The fourth-order valence-corrected chi connectivity index (χ4v) is 2.13. The van der Waals surface area contributed by atoms with E-state index in [4.69, 9.17) is 4.74 Å². The third-order valence-corrected chi connectivity index (χ3v) is 4.24. The number of likely N-dealkylation sites (N-methyl/N-ethyl adjacent to an activating group) is 1. The van der Waals surface area contributed by atoms with Crippen molar-refractivity contribution in [3.63, 3.8) is 0 Å². The summed E-state index contributed by atoms with van der Waals surface area (Å²) in [5, 5.41) is 0. The fourth-order valence-electron chi connectivity index (χ4n) is 2.13. The zero-order valence-electron chi connectivity index (χ0n) is 14.7. The maximum atomic E-state index is 12.5. The molecule has 0 aromatic rings. The van der Waals surface area contributed by atoms with Crippen LogP contribution in [0.5, 0.6) is 0 Å². The molecule has 0 atom stereocenters. The van der Waals surface area contributed by atoms with Gasteiger partial charge in [0.1, 0.15) is 5.54 Å². The molecule has 3 heteroatoms. The highest BCUT2D eigenvalue weighted by molar-refractivity contribution is 5.81. The predicted molar refractivity (Wildman–Crippen MR) is 85.8 cm³/mol. The summed E-state index contributed by atoms with van der Waals surface area (Å²) in [6, 6.07) is 0. The number of esters is 1. The predicted octanol–water partition coefficient (Wildman–Crippen LogP) is 3.95. The summed E-state index contributed by atoms with van der Waals surface area (Å²) in [6.07, 6.45) is 1.39. The Morgan fingerprint density at radius 3 is 1.45 bits per heavy atom. The second kappa shape index (κ2) is 7.63. The molecule has 0 saturated carbocycles. The Balaban J connectivity index is 5.79. The van der Waals surface area contributed by atoms with E-state index in [2.05, 4.69) is 41.5 Å². The van der Waals surface area contributed by atoms with Gasteiger partial charge in [0.05, 0.1) is 7.11 Å². The van der Waals surface area contributed by atoms with Gasteiger partial charge in [-0.2, -0.15) is 0 Å². The molecule has 0 aromatic carbocycles. The average Bonchev–Trinajstić information content (AvgIpc) is 2.35. The number of carbonyl (C=O) groups excluding carboxylic acids is 1. The smallest absolute Gasteiger partial charge is 0.326 e. The van der Waals surface area contributed by atoms with Crippen molar-refractivity contribution in [3.8, 4) is 0 Å². The van der Waals surface area contributed by atoms with E-state index >= 15 is 0 Å². The molecule has 0 aliphatic heterocycles. The summed E-state index contributed by atoms with van der Waals surface area (Å²) >= 11 is 0. The minimum atomic E-state index is -0.628. The molecular weight excluding hydrogens is 250 g/mol. The zero-order valence-corrected chi connectivity index (χ0v) is 14.7. The van der Waals surface area contributed by atoms with Crippen molar-refractivity contribution < 1.29 is 9.53 Å². The third-order valence-electron chi connectivity index (χ3n) is 4.24. The molecule has 0 aliphatic carbocycles. The molecule has 116 valence electrons. The maximum Gasteiger partial charge on any atom is 0.326 e. The highest BCUT2D eigenvalue weighted by Gasteiger charge is 2.42. The van der Waals surface area contributed by atoms with Gasteiger partial charge in [-0.15, -0.1) is 0 Å². The Kier molecular flexibility index (Phi) is 7.21. The van der Waals surface area contributed by atoms with E-state index in [0.717, 1.165) is 0 Å². The van der Waals surface area contributed by atoms with Gasteiger partial charge in [-0.25, -0.2) is 0 Å². The summed E-state index contributed by atoms with van der Waals surface area (Å²) in [6.45, 7) is 12.5. The lowest BCUT2D eigenvalue weighted by Crippen LogP contribution is -2.52. The zero-order chi connectivity index (χ0) is 16.1. The molecule has 0 rings (SSSR count). The minimum Gasteiger partial charge on any atom is -0.468 e. The van der Waals surface area contributed by atoms with Gasteiger partial charge in [-0.1, -0.05) is 22.3 Å². The van der Waals surface area contributed by atoms with Gasteiger partial charge in [0.15, 0.2) is 0 Å². The fraction of sp³-hybridized carbons (Fsp3) is 0.706. The van der Waals surface area contributed by atoms with Crippen LogP contribution in [-0.4, -0.2) is 37.6 Å². The quantitative estimate of drug-likeness (QED) is 0.545. The van der Waals surface area contributed by atoms with E-state index in [1.54, 1.807) is 0 Å². The maximum absolute atomic E-state index is 12.5. The summed E-state index contributed by atoms with van der Waals surface area (Å²) in [4.78, 5) is 14.5. The Bertz CT molecular complexity index is 383.